The smallest absolute Gasteiger partial charge is 0.225 e. The number of piperidine rings is 1. The lowest BCUT2D eigenvalue weighted by Gasteiger charge is -2.36. The first-order valence-corrected chi connectivity index (χ1v) is 15.5. The predicted octanol–water partition coefficient (Wildman–Crippen LogP) is 5.02. The molecule has 0 radical (unpaired) electrons. The van der Waals surface area contributed by atoms with E-state index in [4.69, 9.17) is 13.9 Å². The number of aromatic nitrogens is 2. The highest BCUT2D eigenvalue weighted by Gasteiger charge is 2.37. The number of morpholine rings is 1. The molecule has 0 aliphatic carbocycles. The lowest BCUT2D eigenvalue weighted by Crippen LogP contribution is -2.40. The van der Waals surface area contributed by atoms with E-state index in [1.807, 2.05) is 18.2 Å². The van der Waals surface area contributed by atoms with E-state index in [1.54, 1.807) is 12.4 Å². The summed E-state index contributed by atoms with van der Waals surface area (Å²) in [7, 11) is -1.94. The monoisotopic (exact) mass is 502 g/mol. The highest BCUT2D eigenvalue weighted by atomic mass is 28.4. The van der Waals surface area contributed by atoms with Gasteiger partial charge in [-0.3, -0.25) is 0 Å². The van der Waals surface area contributed by atoms with Gasteiger partial charge < -0.3 is 23.7 Å². The maximum absolute atomic E-state index is 15.4. The van der Waals surface area contributed by atoms with Crippen LogP contribution in [0, 0.1) is 5.82 Å². The Bertz CT molecular complexity index is 970. The maximum atomic E-state index is 15.4. The predicted molar refractivity (Wildman–Crippen MR) is 139 cm³/mol. The standard InChI is InChI=1S/C26H39FN4O3Si/c1-26(2,3)35(4,5)33-19-20-7-6-8-23(24(20)27)30-11-9-21(10-12-30)34-22-17-28-25(29-18-22)31-13-15-32-16-14-31/h6-8,17-18,21H,9-16,19H2,1-5H3. The summed E-state index contributed by atoms with van der Waals surface area (Å²) in [5.74, 6) is 1.22. The van der Waals surface area contributed by atoms with E-state index in [2.05, 4.69) is 53.6 Å². The van der Waals surface area contributed by atoms with Crippen molar-refractivity contribution in [3.05, 3.63) is 42.0 Å². The van der Waals surface area contributed by atoms with Crippen LogP contribution in [0.5, 0.6) is 5.75 Å². The van der Waals surface area contributed by atoms with Gasteiger partial charge in [0.25, 0.3) is 0 Å². The third-order valence-electron chi connectivity index (χ3n) is 7.45. The van der Waals surface area contributed by atoms with Gasteiger partial charge in [-0.2, -0.15) is 0 Å². The van der Waals surface area contributed by atoms with Crippen LogP contribution < -0.4 is 14.5 Å². The second-order valence-corrected chi connectivity index (χ2v) is 15.7. The molecule has 4 rings (SSSR count). The average Bonchev–Trinajstić information content (AvgIpc) is 2.84. The van der Waals surface area contributed by atoms with Crippen LogP contribution in [0.1, 0.15) is 39.2 Å². The van der Waals surface area contributed by atoms with Crippen LogP contribution in [0.4, 0.5) is 16.0 Å². The molecule has 0 atom stereocenters. The van der Waals surface area contributed by atoms with Gasteiger partial charge in [-0.15, -0.1) is 0 Å². The largest absolute Gasteiger partial charge is 0.487 e. The van der Waals surface area contributed by atoms with Crippen molar-refractivity contribution in [1.29, 1.82) is 0 Å². The van der Waals surface area contributed by atoms with Crippen molar-refractivity contribution in [2.75, 3.05) is 49.2 Å². The molecular weight excluding hydrogens is 463 g/mol. The molecule has 0 amide bonds. The summed E-state index contributed by atoms with van der Waals surface area (Å²) in [6.07, 6.45) is 5.19. The zero-order chi connectivity index (χ0) is 25.1. The van der Waals surface area contributed by atoms with E-state index in [1.165, 1.54) is 0 Å². The molecule has 1 aromatic heterocycles. The Morgan fingerprint density at radius 1 is 1.03 bits per heavy atom. The van der Waals surface area contributed by atoms with E-state index in [0.29, 0.717) is 42.8 Å². The van der Waals surface area contributed by atoms with Crippen LogP contribution in [0.2, 0.25) is 18.1 Å². The molecule has 0 spiro atoms. The van der Waals surface area contributed by atoms with Gasteiger partial charge in [0.2, 0.25) is 5.95 Å². The number of hydrogen-bond acceptors (Lipinski definition) is 7. The fraction of sp³-hybridized carbons (Fsp3) is 0.615. The Kier molecular flexibility index (Phi) is 7.98. The van der Waals surface area contributed by atoms with Gasteiger partial charge in [-0.05, 0) is 24.2 Å². The number of anilines is 2. The summed E-state index contributed by atoms with van der Waals surface area (Å²) in [6, 6.07) is 5.63. The van der Waals surface area contributed by atoms with Crippen LogP contribution in [-0.2, 0) is 15.8 Å². The molecule has 0 N–H and O–H groups in total. The first kappa shape index (κ1) is 25.8. The van der Waals surface area contributed by atoms with Crippen LogP contribution in [0.25, 0.3) is 0 Å². The molecule has 0 unspecified atom stereocenters. The highest BCUT2D eigenvalue weighted by molar-refractivity contribution is 6.74. The van der Waals surface area contributed by atoms with E-state index in [9.17, 15) is 0 Å². The van der Waals surface area contributed by atoms with Gasteiger partial charge in [0.1, 0.15) is 6.10 Å². The maximum Gasteiger partial charge on any atom is 0.225 e. The molecule has 3 heterocycles. The lowest BCUT2D eigenvalue weighted by molar-refractivity contribution is 0.122. The summed E-state index contributed by atoms with van der Waals surface area (Å²) in [4.78, 5) is 13.2. The summed E-state index contributed by atoms with van der Waals surface area (Å²) in [6.45, 7) is 15.8. The van der Waals surface area contributed by atoms with E-state index in [-0.39, 0.29) is 17.0 Å². The number of rotatable bonds is 7. The van der Waals surface area contributed by atoms with Gasteiger partial charge >= 0.3 is 0 Å². The minimum Gasteiger partial charge on any atom is -0.487 e. The van der Waals surface area contributed by atoms with Gasteiger partial charge in [0, 0.05) is 44.6 Å². The van der Waals surface area contributed by atoms with Gasteiger partial charge in [-0.1, -0.05) is 32.9 Å². The molecule has 35 heavy (non-hydrogen) atoms. The molecule has 2 aliphatic rings. The molecule has 192 valence electrons. The Balaban J connectivity index is 1.31. The molecule has 1 aromatic carbocycles. The first-order chi connectivity index (χ1) is 16.6. The third-order valence-corrected chi connectivity index (χ3v) is 11.9. The molecule has 2 aliphatic heterocycles. The second kappa shape index (κ2) is 10.8. The van der Waals surface area contributed by atoms with Crippen molar-refractivity contribution >= 4 is 20.0 Å². The Morgan fingerprint density at radius 3 is 2.31 bits per heavy atom. The van der Waals surface area contributed by atoms with Crippen LogP contribution in [0.3, 0.4) is 0 Å². The highest BCUT2D eigenvalue weighted by Crippen LogP contribution is 2.37. The number of hydrogen-bond donors (Lipinski definition) is 0. The molecule has 2 fully saturated rings. The normalized spacial score (nSPS) is 18.1. The first-order valence-electron chi connectivity index (χ1n) is 12.6. The van der Waals surface area contributed by atoms with Gasteiger partial charge in [-0.25, -0.2) is 14.4 Å². The van der Waals surface area contributed by atoms with Crippen molar-refractivity contribution in [1.82, 2.24) is 9.97 Å². The molecule has 2 aromatic rings. The molecule has 2 saturated heterocycles. The van der Waals surface area contributed by atoms with E-state index >= 15 is 4.39 Å². The molecule has 7 nitrogen and oxygen atoms in total. The summed E-state index contributed by atoms with van der Waals surface area (Å²) in [5.41, 5.74) is 1.28. The van der Waals surface area contributed by atoms with Gasteiger partial charge in [0.05, 0.1) is 37.9 Å². The van der Waals surface area contributed by atoms with Crippen molar-refractivity contribution in [2.45, 2.75) is 64.5 Å². The minimum absolute atomic E-state index is 0.0669. The zero-order valence-corrected chi connectivity index (χ0v) is 22.7. The summed E-state index contributed by atoms with van der Waals surface area (Å²) >= 11 is 0. The molecular formula is C26H39FN4O3Si. The third kappa shape index (κ3) is 6.31. The number of benzene rings is 1. The van der Waals surface area contributed by atoms with Crippen molar-refractivity contribution < 1.29 is 18.3 Å². The Labute approximate surface area is 209 Å². The SMILES string of the molecule is CC(C)(C)[Si](C)(C)OCc1cccc(N2CCC(Oc3cnc(N4CCOCC4)nc3)CC2)c1F. The lowest BCUT2D eigenvalue weighted by atomic mass is 10.1. The number of halogens is 1. The summed E-state index contributed by atoms with van der Waals surface area (Å²) in [5, 5.41) is 0.0941. The van der Waals surface area contributed by atoms with Crippen molar-refractivity contribution in [2.24, 2.45) is 0 Å². The van der Waals surface area contributed by atoms with Gasteiger partial charge in [0.15, 0.2) is 19.9 Å². The Hall–Kier alpha value is -2.23. The molecule has 0 bridgehead atoms. The molecule has 0 saturated carbocycles. The number of ether oxygens (including phenoxy) is 2. The van der Waals surface area contributed by atoms with E-state index in [0.717, 1.165) is 39.0 Å². The van der Waals surface area contributed by atoms with Crippen molar-refractivity contribution in [3.8, 4) is 5.75 Å². The van der Waals surface area contributed by atoms with E-state index < -0.39 is 8.32 Å². The van der Waals surface area contributed by atoms with Crippen LogP contribution in [-0.4, -0.2) is 63.8 Å². The minimum atomic E-state index is -1.94. The van der Waals surface area contributed by atoms with Crippen molar-refractivity contribution in [3.63, 3.8) is 0 Å². The average molecular weight is 503 g/mol. The van der Waals surface area contributed by atoms with Crippen LogP contribution >= 0.6 is 0 Å². The second-order valence-electron chi connectivity index (χ2n) is 10.9. The Morgan fingerprint density at radius 2 is 1.69 bits per heavy atom. The topological polar surface area (TPSA) is 60.0 Å². The zero-order valence-electron chi connectivity index (χ0n) is 21.7. The fourth-order valence-electron chi connectivity index (χ4n) is 4.10. The van der Waals surface area contributed by atoms with Crippen LogP contribution in [0.15, 0.2) is 30.6 Å². The number of nitrogens with zero attached hydrogens (tertiary/aromatic N) is 4. The molecule has 9 heteroatoms. The fourth-order valence-corrected chi connectivity index (χ4v) is 5.05. The quantitative estimate of drug-likeness (QED) is 0.493. The summed E-state index contributed by atoms with van der Waals surface area (Å²) < 4.78 is 33.2.